The van der Waals surface area contributed by atoms with E-state index in [1.54, 1.807) is 6.07 Å². The first-order chi connectivity index (χ1) is 7.13. The first-order valence-corrected chi connectivity index (χ1v) is 4.28. The summed E-state index contributed by atoms with van der Waals surface area (Å²) in [6.45, 7) is 0. The van der Waals surface area contributed by atoms with Crippen molar-refractivity contribution in [2.24, 2.45) is 0 Å². The molecule has 2 aromatic heterocycles. The Labute approximate surface area is 88.3 Å². The van der Waals surface area contributed by atoms with E-state index in [2.05, 4.69) is 4.98 Å². The minimum absolute atomic E-state index is 0.206. The number of carbonyl (C=O) groups is 1. The second-order valence-electron chi connectivity index (χ2n) is 2.77. The van der Waals surface area contributed by atoms with Crippen LogP contribution in [0.25, 0.3) is 5.65 Å². The van der Waals surface area contributed by atoms with Crippen LogP contribution in [0.5, 0.6) is 0 Å². The average Bonchev–Trinajstić information content (AvgIpc) is 2.55. The van der Waals surface area contributed by atoms with Crippen molar-refractivity contribution >= 4 is 29.4 Å². The first kappa shape index (κ1) is 9.60. The molecule has 0 unspecified atom stereocenters. The molecule has 0 bridgehead atoms. The lowest BCUT2D eigenvalue weighted by molar-refractivity contribution is -0.390. The van der Waals surface area contributed by atoms with Gasteiger partial charge in [0.05, 0.1) is 5.02 Å². The Bertz CT molecular complexity index is 564. The molecule has 0 aliphatic rings. The summed E-state index contributed by atoms with van der Waals surface area (Å²) in [5.41, 5.74) is 0.107. The molecule has 2 rings (SSSR count). The highest BCUT2D eigenvalue weighted by Gasteiger charge is 2.21. The van der Waals surface area contributed by atoms with E-state index in [9.17, 15) is 14.9 Å². The molecule has 2 heterocycles. The van der Waals surface area contributed by atoms with Crippen LogP contribution in [0.2, 0.25) is 5.02 Å². The Kier molecular flexibility index (Phi) is 2.12. The average molecular weight is 226 g/mol. The number of hydrogen-bond acceptors (Lipinski definition) is 4. The number of nitro groups is 1. The molecule has 0 aliphatic carbocycles. The molecular formula is C8H4ClN3O3. The molecule has 7 heteroatoms. The van der Waals surface area contributed by atoms with E-state index in [4.69, 9.17) is 11.6 Å². The van der Waals surface area contributed by atoms with Gasteiger partial charge in [-0.2, -0.15) is 9.38 Å². The van der Waals surface area contributed by atoms with Crippen LogP contribution >= 0.6 is 11.6 Å². The molecule has 0 spiro atoms. The second-order valence-corrected chi connectivity index (χ2v) is 3.21. The monoisotopic (exact) mass is 225 g/mol. The van der Waals surface area contributed by atoms with Gasteiger partial charge in [0.15, 0.2) is 6.29 Å². The third-order valence-corrected chi connectivity index (χ3v) is 2.09. The van der Waals surface area contributed by atoms with Crippen molar-refractivity contribution in [2.45, 2.75) is 0 Å². The SMILES string of the molecule is O=Cc1nc2ccc(Cl)cn2c1[N+](=O)[O-]. The summed E-state index contributed by atoms with van der Waals surface area (Å²) in [7, 11) is 0. The number of pyridine rings is 1. The van der Waals surface area contributed by atoms with Crippen molar-refractivity contribution in [3.8, 4) is 0 Å². The highest BCUT2D eigenvalue weighted by molar-refractivity contribution is 6.30. The molecule has 0 saturated heterocycles. The van der Waals surface area contributed by atoms with Crippen LogP contribution in [0.3, 0.4) is 0 Å². The maximum Gasteiger partial charge on any atom is 0.358 e. The molecule has 0 atom stereocenters. The largest absolute Gasteiger partial charge is 0.358 e. The fraction of sp³-hybridized carbons (Fsp3) is 0. The van der Waals surface area contributed by atoms with Crippen molar-refractivity contribution in [1.29, 1.82) is 0 Å². The summed E-state index contributed by atoms with van der Waals surface area (Å²) < 4.78 is 1.17. The van der Waals surface area contributed by atoms with Crippen LogP contribution in [0.4, 0.5) is 5.82 Å². The third-order valence-electron chi connectivity index (χ3n) is 1.87. The number of carbonyl (C=O) groups excluding carboxylic acids is 1. The van der Waals surface area contributed by atoms with Crippen LogP contribution in [0.1, 0.15) is 10.5 Å². The number of rotatable bonds is 2. The molecule has 0 amide bonds. The van der Waals surface area contributed by atoms with Crippen LogP contribution in [-0.2, 0) is 0 Å². The van der Waals surface area contributed by atoms with E-state index < -0.39 is 4.92 Å². The van der Waals surface area contributed by atoms with E-state index in [-0.39, 0.29) is 11.5 Å². The van der Waals surface area contributed by atoms with E-state index in [1.165, 1.54) is 16.7 Å². The fourth-order valence-electron chi connectivity index (χ4n) is 1.29. The number of hydrogen-bond donors (Lipinski definition) is 0. The van der Waals surface area contributed by atoms with Gasteiger partial charge in [0.25, 0.3) is 0 Å². The Morgan fingerprint density at radius 1 is 1.53 bits per heavy atom. The maximum atomic E-state index is 10.7. The smallest absolute Gasteiger partial charge is 0.358 e. The zero-order chi connectivity index (χ0) is 11.0. The van der Waals surface area contributed by atoms with Gasteiger partial charge in [-0.05, 0) is 11.0 Å². The summed E-state index contributed by atoms with van der Waals surface area (Å²) in [6.07, 6.45) is 1.69. The van der Waals surface area contributed by atoms with Crippen molar-refractivity contribution in [3.63, 3.8) is 0 Å². The van der Waals surface area contributed by atoms with Crippen molar-refractivity contribution in [2.75, 3.05) is 0 Å². The zero-order valence-corrected chi connectivity index (χ0v) is 8.01. The Morgan fingerprint density at radius 3 is 2.87 bits per heavy atom. The van der Waals surface area contributed by atoms with E-state index in [0.29, 0.717) is 17.0 Å². The predicted molar refractivity (Wildman–Crippen MR) is 52.2 cm³/mol. The number of imidazole rings is 1. The predicted octanol–water partition coefficient (Wildman–Crippen LogP) is 1.71. The summed E-state index contributed by atoms with van der Waals surface area (Å²) in [5.74, 6) is -0.373. The van der Waals surface area contributed by atoms with Gasteiger partial charge < -0.3 is 10.1 Å². The van der Waals surface area contributed by atoms with Crippen LogP contribution in [0, 0.1) is 10.1 Å². The molecule has 6 nitrogen and oxygen atoms in total. The minimum Gasteiger partial charge on any atom is -0.358 e. The van der Waals surface area contributed by atoms with Crippen molar-refractivity contribution in [1.82, 2.24) is 9.38 Å². The van der Waals surface area contributed by atoms with Crippen molar-refractivity contribution < 1.29 is 9.72 Å². The first-order valence-electron chi connectivity index (χ1n) is 3.90. The van der Waals surface area contributed by atoms with Crippen LogP contribution in [0.15, 0.2) is 18.3 Å². The van der Waals surface area contributed by atoms with Gasteiger partial charge in [-0.3, -0.25) is 4.79 Å². The number of aromatic nitrogens is 2. The van der Waals surface area contributed by atoms with E-state index in [1.807, 2.05) is 0 Å². The number of fused-ring (bicyclic) bond motifs is 1. The molecule has 0 fully saturated rings. The molecule has 15 heavy (non-hydrogen) atoms. The molecule has 0 aliphatic heterocycles. The van der Waals surface area contributed by atoms with Gasteiger partial charge in [-0.1, -0.05) is 11.6 Å². The summed E-state index contributed by atoms with van der Waals surface area (Å²) in [6, 6.07) is 3.05. The lowest BCUT2D eigenvalue weighted by Crippen LogP contribution is -1.96. The normalized spacial score (nSPS) is 10.5. The zero-order valence-electron chi connectivity index (χ0n) is 7.25. The maximum absolute atomic E-state index is 10.7. The summed E-state index contributed by atoms with van der Waals surface area (Å²) in [5, 5.41) is 11.0. The summed E-state index contributed by atoms with van der Waals surface area (Å²) >= 11 is 5.69. The van der Waals surface area contributed by atoms with Gasteiger partial charge in [-0.25, -0.2) is 0 Å². The molecule has 76 valence electrons. The molecule has 0 N–H and O–H groups in total. The molecule has 0 saturated carbocycles. The van der Waals surface area contributed by atoms with E-state index in [0.717, 1.165) is 0 Å². The topological polar surface area (TPSA) is 77.5 Å². The Hall–Kier alpha value is -1.95. The number of halogens is 1. The molecule has 2 aromatic rings. The standard InChI is InChI=1S/C8H4ClN3O3/c9-5-1-2-7-10-6(4-13)8(12(14)15)11(7)3-5/h1-4H. The van der Waals surface area contributed by atoms with Crippen molar-refractivity contribution in [3.05, 3.63) is 39.2 Å². The lowest BCUT2D eigenvalue weighted by Gasteiger charge is -1.93. The molecular weight excluding hydrogens is 222 g/mol. The molecule has 0 aromatic carbocycles. The van der Waals surface area contributed by atoms with Gasteiger partial charge in [0.1, 0.15) is 6.20 Å². The Balaban J connectivity index is 2.88. The third kappa shape index (κ3) is 1.44. The highest BCUT2D eigenvalue weighted by atomic mass is 35.5. The molecule has 0 radical (unpaired) electrons. The van der Waals surface area contributed by atoms with E-state index >= 15 is 0 Å². The number of aldehydes is 1. The van der Waals surface area contributed by atoms with Gasteiger partial charge >= 0.3 is 5.82 Å². The van der Waals surface area contributed by atoms with Gasteiger partial charge in [0, 0.05) is 6.07 Å². The van der Waals surface area contributed by atoms with Gasteiger partial charge in [-0.15, -0.1) is 0 Å². The lowest BCUT2D eigenvalue weighted by atomic mass is 10.4. The minimum atomic E-state index is -0.667. The van der Waals surface area contributed by atoms with Gasteiger partial charge in [0.2, 0.25) is 11.3 Å². The van der Waals surface area contributed by atoms with Crippen LogP contribution in [-0.4, -0.2) is 20.6 Å². The second kappa shape index (κ2) is 3.32. The summed E-state index contributed by atoms with van der Waals surface area (Å²) in [4.78, 5) is 24.4. The number of nitrogens with zero attached hydrogens (tertiary/aromatic N) is 3. The fourth-order valence-corrected chi connectivity index (χ4v) is 1.45. The van der Waals surface area contributed by atoms with Crippen LogP contribution < -0.4 is 0 Å². The quantitative estimate of drug-likeness (QED) is 0.443. The Morgan fingerprint density at radius 2 is 2.27 bits per heavy atom. The highest BCUT2D eigenvalue weighted by Crippen LogP contribution is 2.21.